The lowest BCUT2D eigenvalue weighted by Crippen LogP contribution is -2.50. The van der Waals surface area contributed by atoms with Gasteiger partial charge in [0.15, 0.2) is 0 Å². The van der Waals surface area contributed by atoms with Gasteiger partial charge < -0.3 is 14.5 Å². The van der Waals surface area contributed by atoms with E-state index in [1.165, 1.54) is 29.6 Å². The normalized spacial score (nSPS) is 37.8. The number of esters is 1. The minimum absolute atomic E-state index is 0.119. The molecule has 1 heterocycles. The van der Waals surface area contributed by atoms with Crippen LogP contribution < -0.4 is 0 Å². The van der Waals surface area contributed by atoms with Crippen LogP contribution in [0.2, 0.25) is 0 Å². The van der Waals surface area contributed by atoms with Gasteiger partial charge in [-0.1, -0.05) is 37.6 Å². The third-order valence-electron chi connectivity index (χ3n) is 9.25. The maximum absolute atomic E-state index is 12.0. The molecule has 6 nitrogen and oxygen atoms in total. The molecule has 2 N–H and O–H groups in total. The van der Waals surface area contributed by atoms with E-state index in [0.29, 0.717) is 24.2 Å². The number of hydrogen-bond donors (Lipinski definition) is 2. The van der Waals surface area contributed by atoms with Crippen LogP contribution >= 0.6 is 7.60 Å². The van der Waals surface area contributed by atoms with Gasteiger partial charge in [-0.15, -0.1) is 0 Å². The van der Waals surface area contributed by atoms with Crippen molar-refractivity contribution in [2.75, 3.05) is 6.16 Å². The molecule has 0 aliphatic heterocycles. The number of nitrogens with zero attached hydrogens (tertiary/aromatic N) is 1. The van der Waals surface area contributed by atoms with Crippen molar-refractivity contribution in [3.05, 3.63) is 47.8 Å². The van der Waals surface area contributed by atoms with Crippen molar-refractivity contribution in [2.24, 2.45) is 28.6 Å². The summed E-state index contributed by atoms with van der Waals surface area (Å²) in [6, 6.07) is 4.22. The van der Waals surface area contributed by atoms with Gasteiger partial charge in [-0.25, -0.2) is 0 Å². The standard InChI is InChI=1S/C26H34NO5P/c1-25-11-9-19(32-24(28)16-33(29,30)31)14-18(25)5-6-20-22-8-7-21(17-4-3-13-27-15-17)26(22,2)12-10-23(20)25/h3-5,7,13,15,19-20,22-23H,6,8-12,14,16H2,1-2H3,(H2,29,30,31). The molecule has 2 fully saturated rings. The fourth-order valence-electron chi connectivity index (χ4n) is 7.66. The molecular formula is C26H34NO5P. The number of carbonyl (C=O) groups excluding carboxylic acids is 1. The fraction of sp³-hybridized carbons (Fsp3) is 0.615. The van der Waals surface area contributed by atoms with Gasteiger partial charge in [0.2, 0.25) is 0 Å². The predicted molar refractivity (Wildman–Crippen MR) is 126 cm³/mol. The first-order chi connectivity index (χ1) is 15.6. The summed E-state index contributed by atoms with van der Waals surface area (Å²) in [7, 11) is -4.39. The van der Waals surface area contributed by atoms with Crippen LogP contribution in [0.15, 0.2) is 42.3 Å². The van der Waals surface area contributed by atoms with E-state index < -0.39 is 19.7 Å². The molecule has 6 unspecified atom stereocenters. The van der Waals surface area contributed by atoms with Crippen LogP contribution in [0.3, 0.4) is 0 Å². The second-order valence-corrected chi connectivity index (χ2v) is 12.6. The summed E-state index contributed by atoms with van der Waals surface area (Å²) in [6.07, 6.45) is 14.6. The third-order valence-corrected chi connectivity index (χ3v) is 9.92. The molecule has 0 radical (unpaired) electrons. The quantitative estimate of drug-likeness (QED) is 0.359. The molecule has 0 amide bonds. The summed E-state index contributed by atoms with van der Waals surface area (Å²) in [6.45, 7) is 4.86. The first-order valence-corrected chi connectivity index (χ1v) is 13.9. The van der Waals surface area contributed by atoms with E-state index in [-0.39, 0.29) is 16.9 Å². The molecule has 1 aromatic rings. The molecule has 0 aromatic carbocycles. The molecule has 6 atom stereocenters. The Labute approximate surface area is 195 Å². The minimum Gasteiger partial charge on any atom is -0.462 e. The first-order valence-electron chi connectivity index (χ1n) is 12.1. The van der Waals surface area contributed by atoms with Gasteiger partial charge in [-0.2, -0.15) is 0 Å². The number of carbonyl (C=O) groups is 1. The highest BCUT2D eigenvalue weighted by molar-refractivity contribution is 7.52. The number of aromatic nitrogens is 1. The number of ether oxygens (including phenoxy) is 1. The Hall–Kier alpha value is -1.75. The molecule has 0 bridgehead atoms. The van der Waals surface area contributed by atoms with Crippen LogP contribution in [0.4, 0.5) is 0 Å². The zero-order chi connectivity index (χ0) is 23.4. The number of hydrogen-bond acceptors (Lipinski definition) is 4. The lowest BCUT2D eigenvalue weighted by atomic mass is 9.47. The highest BCUT2D eigenvalue weighted by atomic mass is 31.2. The summed E-state index contributed by atoms with van der Waals surface area (Å²) in [5.41, 5.74) is 4.43. The molecule has 33 heavy (non-hydrogen) atoms. The van der Waals surface area contributed by atoms with Gasteiger partial charge in [0.1, 0.15) is 12.3 Å². The Kier molecular flexibility index (Phi) is 5.70. The van der Waals surface area contributed by atoms with Gasteiger partial charge in [-0.3, -0.25) is 14.3 Å². The van der Waals surface area contributed by atoms with E-state index in [1.54, 1.807) is 0 Å². The van der Waals surface area contributed by atoms with Crippen molar-refractivity contribution >= 4 is 19.1 Å². The Morgan fingerprint density at radius 2 is 1.94 bits per heavy atom. The van der Waals surface area contributed by atoms with Crippen LogP contribution in [-0.2, 0) is 14.1 Å². The second kappa shape index (κ2) is 8.18. The average Bonchev–Trinajstić information content (AvgIpc) is 3.10. The lowest BCUT2D eigenvalue weighted by molar-refractivity contribution is -0.148. The van der Waals surface area contributed by atoms with Crippen LogP contribution in [0.25, 0.3) is 5.57 Å². The second-order valence-electron chi connectivity index (χ2n) is 11.0. The Balaban J connectivity index is 1.32. The van der Waals surface area contributed by atoms with Gasteiger partial charge in [0, 0.05) is 18.8 Å². The Morgan fingerprint density at radius 3 is 2.67 bits per heavy atom. The Bertz CT molecular complexity index is 1050. The van der Waals surface area contributed by atoms with E-state index in [4.69, 9.17) is 14.5 Å². The molecule has 4 aliphatic carbocycles. The number of fused-ring (bicyclic) bond motifs is 5. The first kappa shape index (κ1) is 23.0. The number of allylic oxidation sites excluding steroid dienone is 3. The van der Waals surface area contributed by atoms with Gasteiger partial charge in [0.25, 0.3) is 0 Å². The summed E-state index contributed by atoms with van der Waals surface area (Å²) < 4.78 is 16.6. The number of pyridine rings is 1. The van der Waals surface area contributed by atoms with Crippen molar-refractivity contribution in [2.45, 2.75) is 64.9 Å². The maximum Gasteiger partial charge on any atom is 0.336 e. The van der Waals surface area contributed by atoms with E-state index >= 15 is 0 Å². The smallest absolute Gasteiger partial charge is 0.336 e. The van der Waals surface area contributed by atoms with Crippen LogP contribution in [-0.4, -0.2) is 33.0 Å². The predicted octanol–water partition coefficient (Wildman–Crippen LogP) is 5.13. The van der Waals surface area contributed by atoms with Crippen LogP contribution in [0.5, 0.6) is 0 Å². The molecule has 4 aliphatic rings. The third kappa shape index (κ3) is 4.05. The van der Waals surface area contributed by atoms with Gasteiger partial charge in [-0.05, 0) is 84.3 Å². The van der Waals surface area contributed by atoms with Crippen molar-refractivity contribution in [1.82, 2.24) is 4.98 Å². The highest BCUT2D eigenvalue weighted by Gasteiger charge is 2.57. The van der Waals surface area contributed by atoms with Crippen molar-refractivity contribution in [1.29, 1.82) is 0 Å². The number of rotatable bonds is 4. The molecule has 7 heteroatoms. The molecule has 0 spiro atoms. The Morgan fingerprint density at radius 1 is 1.15 bits per heavy atom. The summed E-state index contributed by atoms with van der Waals surface area (Å²) in [4.78, 5) is 34.4. The topological polar surface area (TPSA) is 96.7 Å². The minimum atomic E-state index is -4.39. The van der Waals surface area contributed by atoms with E-state index in [2.05, 4.69) is 37.0 Å². The molecule has 0 saturated heterocycles. The van der Waals surface area contributed by atoms with Crippen LogP contribution in [0.1, 0.15) is 64.4 Å². The van der Waals surface area contributed by atoms with E-state index in [9.17, 15) is 9.36 Å². The van der Waals surface area contributed by atoms with Crippen molar-refractivity contribution in [3.8, 4) is 0 Å². The van der Waals surface area contributed by atoms with Crippen LogP contribution in [0, 0.1) is 28.6 Å². The van der Waals surface area contributed by atoms with Crippen molar-refractivity contribution in [3.63, 3.8) is 0 Å². The van der Waals surface area contributed by atoms with E-state index in [1.807, 2.05) is 18.5 Å². The maximum atomic E-state index is 12.0. The van der Waals surface area contributed by atoms with Gasteiger partial charge in [0.05, 0.1) is 0 Å². The molecular weight excluding hydrogens is 437 g/mol. The largest absolute Gasteiger partial charge is 0.462 e. The zero-order valence-corrected chi connectivity index (χ0v) is 20.3. The highest BCUT2D eigenvalue weighted by Crippen LogP contribution is 2.66. The lowest BCUT2D eigenvalue weighted by Gasteiger charge is -2.57. The molecule has 178 valence electrons. The average molecular weight is 472 g/mol. The molecule has 5 rings (SSSR count). The molecule has 1 aromatic heterocycles. The van der Waals surface area contributed by atoms with Gasteiger partial charge >= 0.3 is 13.6 Å². The fourth-order valence-corrected chi connectivity index (χ4v) is 8.07. The SMILES string of the molecule is CC12CCC(OC(=O)CP(=O)(O)O)CC1=CCC1C2CCC2(C)C(c3cccnc3)=CCC12. The van der Waals surface area contributed by atoms with E-state index in [0.717, 1.165) is 25.7 Å². The monoisotopic (exact) mass is 471 g/mol. The van der Waals surface area contributed by atoms with Crippen molar-refractivity contribution < 1.29 is 23.9 Å². The summed E-state index contributed by atoms with van der Waals surface area (Å²) in [5.74, 6) is 1.13. The summed E-state index contributed by atoms with van der Waals surface area (Å²) >= 11 is 0. The zero-order valence-electron chi connectivity index (χ0n) is 19.4. The molecule has 2 saturated carbocycles. The summed E-state index contributed by atoms with van der Waals surface area (Å²) in [5, 5.41) is 0.